The molecule has 194 valence electrons. The summed E-state index contributed by atoms with van der Waals surface area (Å²) in [5, 5.41) is 8.81. The number of hydrogen-bond donors (Lipinski definition) is 1. The number of carboxylic acids is 1. The normalized spacial score (nSPS) is 22.8. The van der Waals surface area contributed by atoms with Crippen molar-refractivity contribution in [3.05, 3.63) is 66.2 Å². The number of rotatable bonds is 12. The Balaban J connectivity index is 1.34. The predicted octanol–water partition coefficient (Wildman–Crippen LogP) is 5.70. The molecular formula is C30H39NO5. The summed E-state index contributed by atoms with van der Waals surface area (Å²) in [6.07, 6.45) is 10.5. The van der Waals surface area contributed by atoms with E-state index in [0.717, 1.165) is 42.8 Å². The van der Waals surface area contributed by atoms with Gasteiger partial charge in [0.05, 0.1) is 32.5 Å². The third-order valence-corrected chi connectivity index (χ3v) is 7.27. The van der Waals surface area contributed by atoms with E-state index < -0.39 is 5.97 Å². The molecule has 0 aromatic heterocycles. The minimum absolute atomic E-state index is 0.0331. The molecule has 1 N–H and O–H groups in total. The zero-order chi connectivity index (χ0) is 25.2. The van der Waals surface area contributed by atoms with Crippen molar-refractivity contribution < 1.29 is 24.1 Å². The first-order valence-corrected chi connectivity index (χ1v) is 13.2. The largest absolute Gasteiger partial charge is 0.497 e. The maximum atomic E-state index is 10.7. The second kappa shape index (κ2) is 13.6. The lowest BCUT2D eigenvalue weighted by Gasteiger charge is -2.36. The van der Waals surface area contributed by atoms with Gasteiger partial charge in [0.2, 0.25) is 0 Å². The zero-order valence-electron chi connectivity index (χ0n) is 21.3. The van der Waals surface area contributed by atoms with Crippen molar-refractivity contribution in [3.63, 3.8) is 0 Å². The molecular weight excluding hydrogens is 454 g/mol. The second-order valence-corrected chi connectivity index (χ2v) is 9.72. The van der Waals surface area contributed by atoms with Gasteiger partial charge in [0.25, 0.3) is 0 Å². The molecule has 0 bridgehead atoms. The number of nitrogens with zero attached hydrogens (tertiary/aromatic N) is 1. The van der Waals surface area contributed by atoms with E-state index in [1.54, 1.807) is 7.11 Å². The molecule has 1 saturated carbocycles. The number of aliphatic carboxylic acids is 1. The molecule has 36 heavy (non-hydrogen) atoms. The van der Waals surface area contributed by atoms with Crippen LogP contribution < -0.4 is 4.74 Å². The van der Waals surface area contributed by atoms with Crippen LogP contribution in [0.25, 0.3) is 11.1 Å². The van der Waals surface area contributed by atoms with Crippen molar-refractivity contribution in [2.45, 2.75) is 69.8 Å². The van der Waals surface area contributed by atoms with E-state index in [1.807, 2.05) is 24.3 Å². The number of allylic oxidation sites excluding steroid dienone is 1. The van der Waals surface area contributed by atoms with E-state index in [0.29, 0.717) is 25.7 Å². The van der Waals surface area contributed by atoms with Gasteiger partial charge in [0, 0.05) is 12.5 Å². The van der Waals surface area contributed by atoms with Gasteiger partial charge in [-0.3, -0.25) is 9.69 Å². The highest BCUT2D eigenvalue weighted by Gasteiger charge is 2.41. The Morgan fingerprint density at radius 3 is 2.31 bits per heavy atom. The molecule has 0 amide bonds. The fourth-order valence-corrected chi connectivity index (χ4v) is 5.29. The Hall–Kier alpha value is -2.67. The van der Waals surface area contributed by atoms with Crippen LogP contribution in [-0.4, -0.2) is 61.0 Å². The molecule has 0 radical (unpaired) electrons. The predicted molar refractivity (Wildman–Crippen MR) is 141 cm³/mol. The van der Waals surface area contributed by atoms with Crippen molar-refractivity contribution in [3.8, 4) is 16.9 Å². The van der Waals surface area contributed by atoms with Crippen LogP contribution in [0.2, 0.25) is 0 Å². The van der Waals surface area contributed by atoms with Gasteiger partial charge in [-0.25, -0.2) is 0 Å². The SMILES string of the molecule is COc1ccc(-c2ccc(CO[C@@H]3CC[C@H](N4CCCCC4)[C@H]3OCC=CCCC(=O)O)cc2)cc1. The summed E-state index contributed by atoms with van der Waals surface area (Å²) in [4.78, 5) is 13.3. The van der Waals surface area contributed by atoms with E-state index in [-0.39, 0.29) is 18.6 Å². The molecule has 1 aliphatic carbocycles. The van der Waals surface area contributed by atoms with Crippen LogP contribution in [0.1, 0.15) is 50.5 Å². The lowest BCUT2D eigenvalue weighted by molar-refractivity contribution is -0.136. The Labute approximate surface area is 214 Å². The Morgan fingerprint density at radius 1 is 0.944 bits per heavy atom. The van der Waals surface area contributed by atoms with Crippen LogP contribution in [0, 0.1) is 0 Å². The van der Waals surface area contributed by atoms with Crippen LogP contribution >= 0.6 is 0 Å². The van der Waals surface area contributed by atoms with Gasteiger partial charge in [-0.05, 0) is 74.0 Å². The third kappa shape index (κ3) is 7.42. The van der Waals surface area contributed by atoms with Crippen molar-refractivity contribution in [1.82, 2.24) is 4.90 Å². The Bertz CT molecular complexity index is 966. The van der Waals surface area contributed by atoms with Gasteiger partial charge in [0.15, 0.2) is 0 Å². The standard InChI is InChI=1S/C30H39NO5/c1-34-26-15-13-25(14-16-26)24-11-9-23(10-12-24)22-36-28-18-17-27(31-19-5-3-6-20-31)30(28)35-21-7-2-4-8-29(32)33/h2,7,9-16,27-28,30H,3-6,8,17-22H2,1H3,(H,32,33)/t27-,28+,30+/m0/s1. The van der Waals surface area contributed by atoms with Crippen LogP contribution in [-0.2, 0) is 20.9 Å². The molecule has 3 atom stereocenters. The molecule has 2 fully saturated rings. The van der Waals surface area contributed by atoms with Crippen molar-refractivity contribution in [2.24, 2.45) is 0 Å². The smallest absolute Gasteiger partial charge is 0.303 e. The van der Waals surface area contributed by atoms with Gasteiger partial charge in [-0.2, -0.15) is 0 Å². The highest BCUT2D eigenvalue weighted by molar-refractivity contribution is 5.66. The van der Waals surface area contributed by atoms with Gasteiger partial charge in [-0.15, -0.1) is 0 Å². The van der Waals surface area contributed by atoms with Gasteiger partial charge in [-0.1, -0.05) is 55.0 Å². The summed E-state index contributed by atoms with van der Waals surface area (Å²) in [7, 11) is 1.68. The molecule has 2 aromatic carbocycles. The number of piperidine rings is 1. The lowest BCUT2D eigenvalue weighted by atomic mass is 10.0. The molecule has 6 nitrogen and oxygen atoms in total. The van der Waals surface area contributed by atoms with Gasteiger partial charge in [0.1, 0.15) is 5.75 Å². The molecule has 2 aromatic rings. The summed E-state index contributed by atoms with van der Waals surface area (Å²) in [6.45, 7) is 3.33. The van der Waals surface area contributed by atoms with E-state index in [2.05, 4.69) is 41.3 Å². The van der Waals surface area contributed by atoms with Crippen LogP contribution in [0.5, 0.6) is 5.75 Å². The fourth-order valence-electron chi connectivity index (χ4n) is 5.29. The van der Waals surface area contributed by atoms with Crippen molar-refractivity contribution in [2.75, 3.05) is 26.8 Å². The highest BCUT2D eigenvalue weighted by Crippen LogP contribution is 2.32. The summed E-state index contributed by atoms with van der Waals surface area (Å²) < 4.78 is 18.1. The maximum Gasteiger partial charge on any atom is 0.303 e. The Morgan fingerprint density at radius 2 is 1.64 bits per heavy atom. The van der Waals surface area contributed by atoms with E-state index in [4.69, 9.17) is 19.3 Å². The molecule has 0 spiro atoms. The van der Waals surface area contributed by atoms with Crippen molar-refractivity contribution in [1.29, 1.82) is 0 Å². The number of benzene rings is 2. The quantitative estimate of drug-likeness (QED) is 0.383. The number of likely N-dealkylation sites (tertiary alicyclic amines) is 1. The van der Waals surface area contributed by atoms with E-state index in [9.17, 15) is 4.79 Å². The number of methoxy groups -OCH3 is 1. The number of carbonyl (C=O) groups is 1. The average Bonchev–Trinajstić information content (AvgIpc) is 3.32. The van der Waals surface area contributed by atoms with Crippen LogP contribution in [0.15, 0.2) is 60.7 Å². The molecule has 1 aliphatic heterocycles. The zero-order valence-corrected chi connectivity index (χ0v) is 21.3. The maximum absolute atomic E-state index is 10.7. The summed E-state index contributed by atoms with van der Waals surface area (Å²) in [5.41, 5.74) is 3.48. The molecule has 0 unspecified atom stereocenters. The molecule has 2 aliphatic rings. The van der Waals surface area contributed by atoms with E-state index >= 15 is 0 Å². The average molecular weight is 494 g/mol. The number of ether oxygens (including phenoxy) is 3. The topological polar surface area (TPSA) is 68.2 Å². The minimum atomic E-state index is -0.771. The van der Waals surface area contributed by atoms with Crippen LogP contribution in [0.4, 0.5) is 0 Å². The summed E-state index contributed by atoms with van der Waals surface area (Å²) in [5.74, 6) is 0.0859. The highest BCUT2D eigenvalue weighted by atomic mass is 16.5. The fraction of sp³-hybridized carbons (Fsp3) is 0.500. The van der Waals surface area contributed by atoms with Gasteiger partial charge < -0.3 is 19.3 Å². The number of hydrogen-bond acceptors (Lipinski definition) is 5. The monoisotopic (exact) mass is 493 g/mol. The first-order chi connectivity index (χ1) is 17.6. The first-order valence-electron chi connectivity index (χ1n) is 13.2. The van der Waals surface area contributed by atoms with Gasteiger partial charge >= 0.3 is 5.97 Å². The minimum Gasteiger partial charge on any atom is -0.497 e. The molecule has 6 heteroatoms. The summed E-state index contributed by atoms with van der Waals surface area (Å²) in [6, 6.07) is 17.0. The van der Waals surface area contributed by atoms with Crippen molar-refractivity contribution >= 4 is 5.97 Å². The Kier molecular flexibility index (Phi) is 9.96. The third-order valence-electron chi connectivity index (χ3n) is 7.27. The molecule has 1 saturated heterocycles. The molecule has 4 rings (SSSR count). The first kappa shape index (κ1) is 26.4. The van der Waals surface area contributed by atoms with Crippen LogP contribution in [0.3, 0.4) is 0 Å². The summed E-state index contributed by atoms with van der Waals surface area (Å²) >= 11 is 0. The van der Waals surface area contributed by atoms with E-state index in [1.165, 1.54) is 24.8 Å². The second-order valence-electron chi connectivity index (χ2n) is 9.72. The number of carboxylic acid groups (broad SMARTS) is 1. The lowest BCUT2D eigenvalue weighted by Crippen LogP contribution is -2.47. The molecule has 1 heterocycles.